The number of fused-ring (bicyclic) bond motifs is 2. The zero-order chi connectivity index (χ0) is 19.0. The van der Waals surface area contributed by atoms with Gasteiger partial charge in [-0.1, -0.05) is 0 Å². The van der Waals surface area contributed by atoms with Gasteiger partial charge in [-0.15, -0.1) is 0 Å². The van der Waals surface area contributed by atoms with E-state index in [0.717, 1.165) is 30.2 Å². The van der Waals surface area contributed by atoms with Crippen LogP contribution >= 0.6 is 0 Å². The van der Waals surface area contributed by atoms with E-state index in [4.69, 9.17) is 5.84 Å². The molecule has 0 aliphatic carbocycles. The number of nitrogens with one attached hydrogen (secondary N) is 2. The molecule has 1 amide bonds. The molecule has 27 heavy (non-hydrogen) atoms. The van der Waals surface area contributed by atoms with Crippen LogP contribution in [-0.2, 0) is 0 Å². The van der Waals surface area contributed by atoms with Crippen LogP contribution in [0.5, 0.6) is 0 Å². The number of aromatic nitrogens is 2. The molecule has 1 aromatic heterocycles. The molecule has 3 saturated heterocycles. The number of anilines is 3. The summed E-state index contributed by atoms with van der Waals surface area (Å²) in [6.45, 7) is 6.17. The van der Waals surface area contributed by atoms with Gasteiger partial charge in [0.15, 0.2) is 0 Å². The van der Waals surface area contributed by atoms with Crippen LogP contribution in [0.15, 0.2) is 30.5 Å². The van der Waals surface area contributed by atoms with Gasteiger partial charge < -0.3 is 15.5 Å². The quantitative estimate of drug-likeness (QED) is 0.417. The molecule has 0 saturated carbocycles. The number of hydrogen-bond donors (Lipinski definition) is 3. The van der Waals surface area contributed by atoms with E-state index in [1.54, 1.807) is 12.3 Å². The molecule has 3 fully saturated rings. The minimum atomic E-state index is -0.183. The van der Waals surface area contributed by atoms with Gasteiger partial charge >= 0.3 is 0 Å². The Hall–Kier alpha value is -2.71. The maximum atomic E-state index is 12.3. The number of carbonyl (C=O) groups is 1. The molecule has 2 bridgehead atoms. The van der Waals surface area contributed by atoms with Crippen LogP contribution in [0.1, 0.15) is 29.3 Å². The maximum absolute atomic E-state index is 12.3. The van der Waals surface area contributed by atoms with Crippen LogP contribution < -0.4 is 21.4 Å². The van der Waals surface area contributed by atoms with E-state index in [-0.39, 0.29) is 5.91 Å². The molecule has 4 heterocycles. The summed E-state index contributed by atoms with van der Waals surface area (Å²) in [4.78, 5) is 23.5. The normalized spacial score (nSPS) is 20.8. The number of aryl methyl sites for hydroxylation is 1. The summed E-state index contributed by atoms with van der Waals surface area (Å²) in [6, 6.07) is 8.64. The van der Waals surface area contributed by atoms with E-state index >= 15 is 0 Å². The number of piperazine rings is 1. The number of benzene rings is 1. The number of hydrogen-bond acceptors (Lipinski definition) is 7. The number of rotatable bonds is 5. The highest BCUT2D eigenvalue weighted by molar-refractivity contribution is 5.95. The van der Waals surface area contributed by atoms with Gasteiger partial charge in [-0.25, -0.2) is 10.8 Å². The first-order valence-electron chi connectivity index (χ1n) is 9.31. The fourth-order valence-electron chi connectivity index (χ4n) is 3.69. The van der Waals surface area contributed by atoms with Crippen molar-refractivity contribution < 1.29 is 4.79 Å². The monoisotopic (exact) mass is 367 g/mol. The maximum Gasteiger partial charge on any atom is 0.268 e. The van der Waals surface area contributed by atoms with Gasteiger partial charge in [-0.2, -0.15) is 4.98 Å². The Labute approximate surface area is 158 Å². The van der Waals surface area contributed by atoms with Crippen LogP contribution in [0.25, 0.3) is 0 Å². The van der Waals surface area contributed by atoms with Crippen LogP contribution in [0.2, 0.25) is 0 Å². The summed E-state index contributed by atoms with van der Waals surface area (Å²) in [5, 5.41) is 7.97. The molecule has 8 heteroatoms. The first-order chi connectivity index (χ1) is 13.0. The number of amides is 1. The summed E-state index contributed by atoms with van der Waals surface area (Å²) in [7, 11) is 0. The molecule has 5 rings (SSSR count). The van der Waals surface area contributed by atoms with Gasteiger partial charge in [0, 0.05) is 49.2 Å². The minimum Gasteiger partial charge on any atom is -0.353 e. The zero-order valence-corrected chi connectivity index (χ0v) is 15.6. The predicted molar refractivity (Wildman–Crippen MR) is 105 cm³/mol. The fourth-order valence-corrected chi connectivity index (χ4v) is 3.69. The molecular weight excluding hydrogens is 342 g/mol. The zero-order valence-electron chi connectivity index (χ0n) is 15.6. The van der Waals surface area contributed by atoms with Crippen molar-refractivity contribution in [3.63, 3.8) is 0 Å². The molecule has 0 radical (unpaired) electrons. The third-order valence-electron chi connectivity index (χ3n) is 5.20. The Kier molecular flexibility index (Phi) is 4.67. The molecule has 1 aromatic carbocycles. The Morgan fingerprint density at radius 3 is 2.78 bits per heavy atom. The van der Waals surface area contributed by atoms with Crippen molar-refractivity contribution in [1.29, 1.82) is 0 Å². The van der Waals surface area contributed by atoms with Crippen molar-refractivity contribution in [3.8, 4) is 0 Å². The van der Waals surface area contributed by atoms with Gasteiger partial charge in [-0.05, 0) is 50.1 Å². The van der Waals surface area contributed by atoms with Crippen molar-refractivity contribution in [2.24, 2.45) is 5.84 Å². The molecular formula is C19H25N7O. The largest absolute Gasteiger partial charge is 0.353 e. The third kappa shape index (κ3) is 3.58. The van der Waals surface area contributed by atoms with Gasteiger partial charge in [0.1, 0.15) is 5.82 Å². The lowest BCUT2D eigenvalue weighted by atomic mass is 9.91. The molecule has 0 spiro atoms. The highest BCUT2D eigenvalue weighted by Gasteiger charge is 2.36. The van der Waals surface area contributed by atoms with Gasteiger partial charge in [0.2, 0.25) is 5.95 Å². The summed E-state index contributed by atoms with van der Waals surface area (Å²) in [5.41, 5.74) is 2.29. The smallest absolute Gasteiger partial charge is 0.268 e. The standard InChI is InChI=1S/C19H25N7O/c1-3-26(20)18(27)16-5-4-13(8-12(16)2)23-19-21-7-6-17(24-19)25-10-14-9-15(11-25)22-14/h4-8,14-15,22H,3,9-11,20H2,1-2H3,(H,21,23,24). The molecule has 3 aliphatic heterocycles. The first kappa shape index (κ1) is 17.7. The minimum absolute atomic E-state index is 0.183. The van der Waals surface area contributed by atoms with E-state index in [2.05, 4.69) is 25.5 Å². The van der Waals surface area contributed by atoms with E-state index < -0.39 is 0 Å². The van der Waals surface area contributed by atoms with Gasteiger partial charge in [0.25, 0.3) is 5.91 Å². The second kappa shape index (κ2) is 7.13. The Balaban J connectivity index is 1.48. The fraction of sp³-hybridized carbons (Fsp3) is 0.421. The predicted octanol–water partition coefficient (Wildman–Crippen LogP) is 1.41. The lowest BCUT2D eigenvalue weighted by Gasteiger charge is -2.48. The second-order valence-electron chi connectivity index (χ2n) is 7.19. The average Bonchev–Trinajstić information content (AvgIpc) is 2.67. The van der Waals surface area contributed by atoms with Crippen molar-refractivity contribution in [3.05, 3.63) is 41.6 Å². The molecule has 2 aromatic rings. The SMILES string of the molecule is CCN(N)C(=O)c1ccc(Nc2nccc(N3CC4CC(C3)N4)n2)cc1C. The third-order valence-corrected chi connectivity index (χ3v) is 5.20. The van der Waals surface area contributed by atoms with Crippen molar-refractivity contribution in [1.82, 2.24) is 20.3 Å². The van der Waals surface area contributed by atoms with Crippen LogP contribution in [0.4, 0.5) is 17.5 Å². The molecule has 2 unspecified atom stereocenters. The molecule has 3 aliphatic rings. The van der Waals surface area contributed by atoms with E-state index in [1.807, 2.05) is 32.0 Å². The van der Waals surface area contributed by atoms with Crippen molar-refractivity contribution >= 4 is 23.4 Å². The summed E-state index contributed by atoms with van der Waals surface area (Å²) < 4.78 is 0. The van der Waals surface area contributed by atoms with Gasteiger partial charge in [-0.3, -0.25) is 9.80 Å². The van der Waals surface area contributed by atoms with Crippen molar-refractivity contribution in [2.75, 3.05) is 29.9 Å². The number of carbonyl (C=O) groups excluding carboxylic acids is 1. The highest BCUT2D eigenvalue weighted by atomic mass is 16.2. The van der Waals surface area contributed by atoms with Crippen molar-refractivity contribution in [2.45, 2.75) is 32.4 Å². The molecule has 142 valence electrons. The van der Waals surface area contributed by atoms with Crippen LogP contribution in [0.3, 0.4) is 0 Å². The number of piperidine rings is 1. The Morgan fingerprint density at radius 2 is 2.11 bits per heavy atom. The second-order valence-corrected chi connectivity index (χ2v) is 7.19. The topological polar surface area (TPSA) is 99.4 Å². The number of nitrogens with two attached hydrogens (primary N) is 1. The number of hydrazine groups is 1. The molecule has 8 nitrogen and oxygen atoms in total. The van der Waals surface area contributed by atoms with Gasteiger partial charge in [0.05, 0.1) is 0 Å². The van der Waals surface area contributed by atoms with Crippen LogP contribution in [-0.4, -0.2) is 52.6 Å². The molecule has 4 N–H and O–H groups in total. The van der Waals surface area contributed by atoms with E-state index in [9.17, 15) is 4.79 Å². The highest BCUT2D eigenvalue weighted by Crippen LogP contribution is 2.26. The average molecular weight is 367 g/mol. The summed E-state index contributed by atoms with van der Waals surface area (Å²) >= 11 is 0. The Bertz CT molecular complexity index is 840. The van der Waals surface area contributed by atoms with Crippen LogP contribution in [0, 0.1) is 6.92 Å². The first-order valence-corrected chi connectivity index (χ1v) is 9.31. The lowest BCUT2D eigenvalue weighted by molar-refractivity contribution is 0.0763. The number of nitrogens with zero attached hydrogens (tertiary/aromatic N) is 4. The molecule has 2 atom stereocenters. The summed E-state index contributed by atoms with van der Waals surface area (Å²) in [6.07, 6.45) is 3.03. The Morgan fingerprint density at radius 1 is 1.37 bits per heavy atom. The lowest BCUT2D eigenvalue weighted by Crippen LogP contribution is -2.67. The summed E-state index contributed by atoms with van der Waals surface area (Å²) in [5.74, 6) is 7.02. The van der Waals surface area contributed by atoms with E-state index in [1.165, 1.54) is 11.4 Å². The van der Waals surface area contributed by atoms with E-state index in [0.29, 0.717) is 30.1 Å².